The van der Waals surface area contributed by atoms with E-state index in [1.165, 1.54) is 0 Å². The molecule has 0 bridgehead atoms. The largest absolute Gasteiger partial charge is 0.506 e. The maximum atomic E-state index is 9.65. The van der Waals surface area contributed by atoms with Gasteiger partial charge < -0.3 is 5.11 Å². The molecule has 3 aromatic rings. The Hall–Kier alpha value is -2.00. The Morgan fingerprint density at radius 2 is 1.83 bits per heavy atom. The molecule has 0 unspecified atom stereocenters. The Balaban J connectivity index is 2.34. The SMILES string of the molecule is Cc1c2c(Cl)c(O)ccc2nn1-c1ccccc1. The highest BCUT2D eigenvalue weighted by Gasteiger charge is 2.14. The first-order valence-corrected chi connectivity index (χ1v) is 5.98. The molecule has 4 heteroatoms. The van der Waals surface area contributed by atoms with Crippen molar-refractivity contribution in [2.24, 2.45) is 0 Å². The second-order valence-electron chi connectivity index (χ2n) is 4.13. The van der Waals surface area contributed by atoms with Crippen molar-refractivity contribution in [3.8, 4) is 11.4 Å². The highest BCUT2D eigenvalue weighted by atomic mass is 35.5. The fraction of sp³-hybridized carbons (Fsp3) is 0.0714. The average molecular weight is 259 g/mol. The molecule has 0 saturated heterocycles. The number of phenolic OH excluding ortho intramolecular Hbond substituents is 1. The van der Waals surface area contributed by atoms with Gasteiger partial charge in [0.25, 0.3) is 0 Å². The lowest BCUT2D eigenvalue weighted by molar-refractivity contribution is 0.476. The van der Waals surface area contributed by atoms with Crippen molar-refractivity contribution >= 4 is 22.5 Å². The number of fused-ring (bicyclic) bond motifs is 1. The zero-order chi connectivity index (χ0) is 12.7. The molecule has 1 aromatic heterocycles. The fourth-order valence-corrected chi connectivity index (χ4v) is 2.39. The van der Waals surface area contributed by atoms with Crippen LogP contribution in [0.1, 0.15) is 5.69 Å². The molecule has 0 saturated carbocycles. The third-order valence-electron chi connectivity index (χ3n) is 2.99. The van der Waals surface area contributed by atoms with Gasteiger partial charge in [-0.2, -0.15) is 5.10 Å². The average Bonchev–Trinajstić information content (AvgIpc) is 2.73. The van der Waals surface area contributed by atoms with Gasteiger partial charge in [0.1, 0.15) is 5.75 Å². The zero-order valence-electron chi connectivity index (χ0n) is 9.76. The molecule has 0 aliphatic rings. The quantitative estimate of drug-likeness (QED) is 0.723. The number of hydrogen-bond acceptors (Lipinski definition) is 2. The third kappa shape index (κ3) is 1.56. The number of para-hydroxylation sites is 1. The lowest BCUT2D eigenvalue weighted by Gasteiger charge is -2.03. The van der Waals surface area contributed by atoms with Crippen LogP contribution in [0.5, 0.6) is 5.75 Å². The molecule has 0 amide bonds. The summed E-state index contributed by atoms with van der Waals surface area (Å²) in [6.07, 6.45) is 0. The van der Waals surface area contributed by atoms with Crippen LogP contribution in [-0.4, -0.2) is 14.9 Å². The van der Waals surface area contributed by atoms with Gasteiger partial charge in [-0.25, -0.2) is 4.68 Å². The van der Waals surface area contributed by atoms with Crippen LogP contribution in [0.4, 0.5) is 0 Å². The van der Waals surface area contributed by atoms with E-state index in [0.717, 1.165) is 22.3 Å². The standard InChI is InChI=1S/C14H11ClN2O/c1-9-13-11(7-8-12(18)14(13)15)16-17(9)10-5-3-2-4-6-10/h2-8,18H,1H3. The Morgan fingerprint density at radius 3 is 2.56 bits per heavy atom. The minimum atomic E-state index is 0.0832. The minimum absolute atomic E-state index is 0.0832. The summed E-state index contributed by atoms with van der Waals surface area (Å²) in [6, 6.07) is 13.2. The van der Waals surface area contributed by atoms with Crippen molar-refractivity contribution in [1.29, 1.82) is 0 Å². The molecule has 0 aliphatic carbocycles. The second kappa shape index (κ2) is 4.03. The molecule has 0 spiro atoms. The smallest absolute Gasteiger partial charge is 0.135 e. The van der Waals surface area contributed by atoms with Crippen molar-refractivity contribution in [2.75, 3.05) is 0 Å². The topological polar surface area (TPSA) is 38.1 Å². The highest BCUT2D eigenvalue weighted by molar-refractivity contribution is 6.37. The summed E-state index contributed by atoms with van der Waals surface area (Å²) in [5, 5.41) is 15.3. The van der Waals surface area contributed by atoms with Crippen molar-refractivity contribution < 1.29 is 5.11 Å². The van der Waals surface area contributed by atoms with E-state index in [1.807, 2.05) is 41.9 Å². The third-order valence-corrected chi connectivity index (χ3v) is 3.37. The number of aromatic hydroxyl groups is 1. The van der Waals surface area contributed by atoms with Crippen LogP contribution < -0.4 is 0 Å². The zero-order valence-corrected chi connectivity index (χ0v) is 10.5. The Morgan fingerprint density at radius 1 is 1.11 bits per heavy atom. The molecule has 3 rings (SSSR count). The molecule has 0 atom stereocenters. The van der Waals surface area contributed by atoms with Crippen LogP contribution in [0.2, 0.25) is 5.02 Å². The monoisotopic (exact) mass is 258 g/mol. The van der Waals surface area contributed by atoms with Gasteiger partial charge in [-0.3, -0.25) is 0 Å². The van der Waals surface area contributed by atoms with E-state index >= 15 is 0 Å². The molecule has 3 nitrogen and oxygen atoms in total. The first-order valence-electron chi connectivity index (χ1n) is 5.60. The van der Waals surface area contributed by atoms with Gasteiger partial charge in [0.05, 0.1) is 21.9 Å². The molecule has 0 radical (unpaired) electrons. The molecule has 1 heterocycles. The summed E-state index contributed by atoms with van der Waals surface area (Å²) in [6.45, 7) is 1.94. The van der Waals surface area contributed by atoms with Gasteiger partial charge in [0, 0.05) is 5.39 Å². The number of aryl methyl sites for hydroxylation is 1. The maximum absolute atomic E-state index is 9.65. The van der Waals surface area contributed by atoms with Gasteiger partial charge in [0.15, 0.2) is 0 Å². The van der Waals surface area contributed by atoms with Crippen LogP contribution in [0.15, 0.2) is 42.5 Å². The van der Waals surface area contributed by atoms with E-state index in [0.29, 0.717) is 5.02 Å². The molecule has 0 fully saturated rings. The van der Waals surface area contributed by atoms with Crippen molar-refractivity contribution in [3.63, 3.8) is 0 Å². The molecule has 18 heavy (non-hydrogen) atoms. The number of phenols is 1. The van der Waals surface area contributed by atoms with Gasteiger partial charge in [-0.1, -0.05) is 29.8 Å². The van der Waals surface area contributed by atoms with E-state index in [9.17, 15) is 5.11 Å². The first kappa shape index (κ1) is 11.1. The number of hydrogen-bond donors (Lipinski definition) is 1. The minimum Gasteiger partial charge on any atom is -0.506 e. The van der Waals surface area contributed by atoms with Crippen molar-refractivity contribution in [2.45, 2.75) is 6.92 Å². The summed E-state index contributed by atoms with van der Waals surface area (Å²) < 4.78 is 1.83. The van der Waals surface area contributed by atoms with E-state index in [2.05, 4.69) is 5.10 Å². The van der Waals surface area contributed by atoms with Crippen LogP contribution in [0.3, 0.4) is 0 Å². The number of nitrogens with zero attached hydrogens (tertiary/aromatic N) is 2. The summed E-state index contributed by atoms with van der Waals surface area (Å²) >= 11 is 6.13. The molecule has 90 valence electrons. The van der Waals surface area contributed by atoms with Gasteiger partial charge in [0.2, 0.25) is 0 Å². The molecular formula is C14H11ClN2O. The number of benzene rings is 2. The Kier molecular flexibility index (Phi) is 2.49. The van der Waals surface area contributed by atoms with Crippen molar-refractivity contribution in [3.05, 3.63) is 53.2 Å². The molecule has 0 aliphatic heterocycles. The summed E-state index contributed by atoms with van der Waals surface area (Å²) in [7, 11) is 0. The predicted octanol–water partition coefficient (Wildman–Crippen LogP) is 3.69. The molecular weight excluding hydrogens is 248 g/mol. The summed E-state index contributed by atoms with van der Waals surface area (Å²) in [5.41, 5.74) is 2.66. The normalized spacial score (nSPS) is 11.0. The van der Waals surface area contributed by atoms with Gasteiger partial charge in [-0.05, 0) is 31.2 Å². The van der Waals surface area contributed by atoms with Crippen LogP contribution in [0.25, 0.3) is 16.6 Å². The first-order chi connectivity index (χ1) is 8.68. The Labute approximate surface area is 109 Å². The van der Waals surface area contributed by atoms with E-state index in [4.69, 9.17) is 11.6 Å². The Bertz CT molecular complexity index is 719. The number of halogens is 1. The lowest BCUT2D eigenvalue weighted by Crippen LogP contribution is -1.97. The number of rotatable bonds is 1. The maximum Gasteiger partial charge on any atom is 0.135 e. The summed E-state index contributed by atoms with van der Waals surface area (Å²) in [5.74, 6) is 0.0832. The van der Waals surface area contributed by atoms with E-state index in [1.54, 1.807) is 12.1 Å². The second-order valence-corrected chi connectivity index (χ2v) is 4.50. The van der Waals surface area contributed by atoms with Crippen LogP contribution in [0, 0.1) is 6.92 Å². The van der Waals surface area contributed by atoms with Gasteiger partial charge in [-0.15, -0.1) is 0 Å². The van der Waals surface area contributed by atoms with Crippen LogP contribution >= 0.6 is 11.6 Å². The van der Waals surface area contributed by atoms with Crippen LogP contribution in [-0.2, 0) is 0 Å². The fourth-order valence-electron chi connectivity index (χ4n) is 2.09. The van der Waals surface area contributed by atoms with E-state index in [-0.39, 0.29) is 5.75 Å². The summed E-state index contributed by atoms with van der Waals surface area (Å²) in [4.78, 5) is 0. The highest BCUT2D eigenvalue weighted by Crippen LogP contribution is 2.34. The molecule has 1 N–H and O–H groups in total. The molecule has 2 aromatic carbocycles. The van der Waals surface area contributed by atoms with Crippen molar-refractivity contribution in [1.82, 2.24) is 9.78 Å². The van der Waals surface area contributed by atoms with Gasteiger partial charge >= 0.3 is 0 Å². The predicted molar refractivity (Wildman–Crippen MR) is 72.5 cm³/mol. The number of aromatic nitrogens is 2. The van der Waals surface area contributed by atoms with E-state index < -0.39 is 0 Å². The lowest BCUT2D eigenvalue weighted by atomic mass is 10.2.